The molecule has 3 unspecified atom stereocenters. The van der Waals surface area contributed by atoms with Gasteiger partial charge in [-0.15, -0.1) is 6.58 Å². The fourth-order valence-corrected chi connectivity index (χ4v) is 3.10. The van der Waals surface area contributed by atoms with Crippen molar-refractivity contribution in [1.82, 2.24) is 0 Å². The summed E-state index contributed by atoms with van der Waals surface area (Å²) < 4.78 is 0. The molecular weight excluding hydrogens is 132 g/mol. The van der Waals surface area contributed by atoms with E-state index in [1.165, 1.54) is 32.1 Å². The Hall–Kier alpha value is -0.260. The molecule has 0 heterocycles. The minimum absolute atomic E-state index is 1.01. The summed E-state index contributed by atoms with van der Waals surface area (Å²) in [6.07, 6.45) is 11.0. The van der Waals surface area contributed by atoms with Gasteiger partial charge < -0.3 is 0 Å². The van der Waals surface area contributed by atoms with Crippen molar-refractivity contribution in [2.45, 2.75) is 38.5 Å². The van der Waals surface area contributed by atoms with Gasteiger partial charge in [-0.1, -0.05) is 25.3 Å². The molecule has 2 aliphatic rings. The maximum Gasteiger partial charge on any atom is -0.0322 e. The summed E-state index contributed by atoms with van der Waals surface area (Å²) in [5.41, 5.74) is 0. The zero-order valence-corrected chi connectivity index (χ0v) is 7.26. The third kappa shape index (κ3) is 1.36. The molecule has 0 heteroatoms. The third-order valence-corrected chi connectivity index (χ3v) is 3.60. The molecule has 2 saturated carbocycles. The smallest absolute Gasteiger partial charge is 0.0322 e. The second kappa shape index (κ2) is 3.00. The first-order chi connectivity index (χ1) is 5.40. The minimum atomic E-state index is 1.01. The highest BCUT2D eigenvalue weighted by Crippen LogP contribution is 2.47. The lowest BCUT2D eigenvalue weighted by atomic mass is 9.86. The van der Waals surface area contributed by atoms with E-state index in [1.807, 2.05) is 0 Å². The number of hydrogen-bond acceptors (Lipinski definition) is 0. The van der Waals surface area contributed by atoms with Crippen molar-refractivity contribution >= 4 is 0 Å². The van der Waals surface area contributed by atoms with Crippen molar-refractivity contribution in [1.29, 1.82) is 0 Å². The van der Waals surface area contributed by atoms with E-state index in [9.17, 15) is 0 Å². The van der Waals surface area contributed by atoms with Crippen LogP contribution in [0.15, 0.2) is 12.7 Å². The summed E-state index contributed by atoms with van der Waals surface area (Å²) in [5, 5.41) is 0. The van der Waals surface area contributed by atoms with Crippen molar-refractivity contribution in [3.63, 3.8) is 0 Å². The fraction of sp³-hybridized carbons (Fsp3) is 0.818. The Kier molecular flexibility index (Phi) is 2.02. The van der Waals surface area contributed by atoms with E-state index in [0.717, 1.165) is 17.8 Å². The van der Waals surface area contributed by atoms with Gasteiger partial charge in [-0.05, 0) is 37.0 Å². The summed E-state index contributed by atoms with van der Waals surface area (Å²) in [7, 11) is 0. The zero-order valence-electron chi connectivity index (χ0n) is 7.26. The van der Waals surface area contributed by atoms with Gasteiger partial charge >= 0.3 is 0 Å². The third-order valence-electron chi connectivity index (χ3n) is 3.60. The predicted octanol–water partition coefficient (Wildman–Crippen LogP) is 3.39. The molecule has 0 aromatic heterocycles. The number of allylic oxidation sites excluding steroid dienone is 1. The average molecular weight is 150 g/mol. The molecule has 2 aliphatic carbocycles. The van der Waals surface area contributed by atoms with Crippen LogP contribution in [0.3, 0.4) is 0 Å². The number of rotatable bonds is 2. The van der Waals surface area contributed by atoms with Crippen LogP contribution in [0, 0.1) is 17.8 Å². The van der Waals surface area contributed by atoms with E-state index >= 15 is 0 Å². The molecule has 0 aliphatic heterocycles. The molecule has 2 bridgehead atoms. The Balaban J connectivity index is 1.97. The van der Waals surface area contributed by atoms with Gasteiger partial charge in [0, 0.05) is 0 Å². The maximum absolute atomic E-state index is 3.84. The van der Waals surface area contributed by atoms with Crippen molar-refractivity contribution < 1.29 is 0 Å². The molecule has 2 rings (SSSR count). The largest absolute Gasteiger partial charge is 0.103 e. The summed E-state index contributed by atoms with van der Waals surface area (Å²) in [6.45, 7) is 3.84. The van der Waals surface area contributed by atoms with Crippen LogP contribution in [0.1, 0.15) is 38.5 Å². The van der Waals surface area contributed by atoms with Crippen LogP contribution < -0.4 is 0 Å². The molecule has 0 nitrogen and oxygen atoms in total. The van der Waals surface area contributed by atoms with Crippen LogP contribution in [-0.4, -0.2) is 0 Å². The first-order valence-corrected chi connectivity index (χ1v) is 5.01. The van der Waals surface area contributed by atoms with Gasteiger partial charge in [0.1, 0.15) is 0 Å². The van der Waals surface area contributed by atoms with Crippen molar-refractivity contribution in [3.05, 3.63) is 12.7 Å². The predicted molar refractivity (Wildman–Crippen MR) is 48.4 cm³/mol. The fourth-order valence-electron chi connectivity index (χ4n) is 3.10. The van der Waals surface area contributed by atoms with Gasteiger partial charge in [0.2, 0.25) is 0 Å². The van der Waals surface area contributed by atoms with E-state index < -0.39 is 0 Å². The van der Waals surface area contributed by atoms with Crippen LogP contribution in [0.25, 0.3) is 0 Å². The second-order valence-electron chi connectivity index (χ2n) is 4.31. The number of hydrogen-bond donors (Lipinski definition) is 0. The molecule has 0 saturated heterocycles. The Labute approximate surface area is 69.7 Å². The highest BCUT2D eigenvalue weighted by Gasteiger charge is 2.35. The van der Waals surface area contributed by atoms with Gasteiger partial charge in [-0.3, -0.25) is 0 Å². The highest BCUT2D eigenvalue weighted by atomic mass is 14.4. The first-order valence-electron chi connectivity index (χ1n) is 5.01. The van der Waals surface area contributed by atoms with E-state index in [2.05, 4.69) is 12.7 Å². The van der Waals surface area contributed by atoms with Crippen LogP contribution in [0.4, 0.5) is 0 Å². The number of fused-ring (bicyclic) bond motifs is 2. The quantitative estimate of drug-likeness (QED) is 0.529. The topological polar surface area (TPSA) is 0 Å². The molecular formula is C11H18. The lowest BCUT2D eigenvalue weighted by Crippen LogP contribution is -2.08. The molecule has 11 heavy (non-hydrogen) atoms. The Morgan fingerprint density at radius 2 is 2.18 bits per heavy atom. The monoisotopic (exact) mass is 150 g/mol. The molecule has 0 spiro atoms. The molecule has 62 valence electrons. The van der Waals surface area contributed by atoms with Gasteiger partial charge in [-0.2, -0.15) is 0 Å². The summed E-state index contributed by atoms with van der Waals surface area (Å²) in [4.78, 5) is 0. The van der Waals surface area contributed by atoms with E-state index in [1.54, 1.807) is 6.42 Å². The lowest BCUT2D eigenvalue weighted by Gasteiger charge is -2.19. The molecule has 0 N–H and O–H groups in total. The molecule has 0 aromatic rings. The van der Waals surface area contributed by atoms with Crippen LogP contribution >= 0.6 is 0 Å². The van der Waals surface area contributed by atoms with Gasteiger partial charge in [-0.25, -0.2) is 0 Å². The zero-order chi connectivity index (χ0) is 7.68. The molecule has 3 atom stereocenters. The minimum Gasteiger partial charge on any atom is -0.103 e. The normalized spacial score (nSPS) is 42.4. The van der Waals surface area contributed by atoms with Crippen LogP contribution in [0.2, 0.25) is 0 Å². The van der Waals surface area contributed by atoms with Crippen molar-refractivity contribution in [2.75, 3.05) is 0 Å². The van der Waals surface area contributed by atoms with E-state index in [-0.39, 0.29) is 0 Å². The van der Waals surface area contributed by atoms with Crippen LogP contribution in [-0.2, 0) is 0 Å². The van der Waals surface area contributed by atoms with Crippen molar-refractivity contribution in [2.24, 2.45) is 17.8 Å². The highest BCUT2D eigenvalue weighted by molar-refractivity contribution is 4.90. The Bertz CT molecular complexity index is 148. The molecule has 0 amide bonds. The van der Waals surface area contributed by atoms with Crippen LogP contribution in [0.5, 0.6) is 0 Å². The average Bonchev–Trinajstić information content (AvgIpc) is 2.29. The Morgan fingerprint density at radius 3 is 2.91 bits per heavy atom. The van der Waals surface area contributed by atoms with E-state index in [0.29, 0.717) is 0 Å². The standard InChI is InChI=1S/C11H18/c1-2-4-10-7-9-5-3-6-11(10)8-9/h2,9-11H,1,3-8H2. The summed E-state index contributed by atoms with van der Waals surface area (Å²) in [5.74, 6) is 3.19. The van der Waals surface area contributed by atoms with Gasteiger partial charge in [0.25, 0.3) is 0 Å². The SMILES string of the molecule is C=CCC1CC2CCCC1C2. The van der Waals surface area contributed by atoms with Gasteiger partial charge in [0.05, 0.1) is 0 Å². The first kappa shape index (κ1) is 7.39. The summed E-state index contributed by atoms with van der Waals surface area (Å²) >= 11 is 0. The molecule has 0 radical (unpaired) electrons. The molecule has 0 aromatic carbocycles. The lowest BCUT2D eigenvalue weighted by molar-refractivity contribution is 0.326. The van der Waals surface area contributed by atoms with Gasteiger partial charge in [0.15, 0.2) is 0 Å². The van der Waals surface area contributed by atoms with Crippen molar-refractivity contribution in [3.8, 4) is 0 Å². The van der Waals surface area contributed by atoms with E-state index in [4.69, 9.17) is 0 Å². The maximum atomic E-state index is 3.84. The molecule has 2 fully saturated rings. The Morgan fingerprint density at radius 1 is 1.27 bits per heavy atom. The summed E-state index contributed by atoms with van der Waals surface area (Å²) in [6, 6.07) is 0. The second-order valence-corrected chi connectivity index (χ2v) is 4.31.